The second-order valence-electron chi connectivity index (χ2n) is 8.67. The Balaban J connectivity index is 5.63. The number of primary amides is 1. The fourth-order valence-electron chi connectivity index (χ4n) is 3.04. The predicted molar refractivity (Wildman–Crippen MR) is 121 cm³/mol. The van der Waals surface area contributed by atoms with Gasteiger partial charge >= 0.3 is 11.9 Å². The molecule has 9 N–H and O–H groups in total. The average molecular weight is 488 g/mol. The molecule has 0 rings (SSSR count). The molecule has 13 heteroatoms. The summed E-state index contributed by atoms with van der Waals surface area (Å²) in [7, 11) is 0. The fraction of sp³-hybridized carbons (Fsp3) is 0.714. The van der Waals surface area contributed by atoms with Crippen LogP contribution in [0.3, 0.4) is 0 Å². The van der Waals surface area contributed by atoms with Gasteiger partial charge in [-0.1, -0.05) is 34.1 Å². The van der Waals surface area contributed by atoms with Gasteiger partial charge < -0.3 is 37.6 Å². The van der Waals surface area contributed by atoms with Gasteiger partial charge in [0.2, 0.25) is 23.6 Å². The number of carbonyl (C=O) groups is 6. The maximum atomic E-state index is 13.0. The summed E-state index contributed by atoms with van der Waals surface area (Å²) in [5.41, 5.74) is 11.0. The van der Waals surface area contributed by atoms with Crippen LogP contribution in [0.5, 0.6) is 0 Å². The molecule has 0 aliphatic rings. The molecule has 0 fully saturated rings. The van der Waals surface area contributed by atoms with E-state index in [0.717, 1.165) is 0 Å². The Bertz CT molecular complexity index is 757. The van der Waals surface area contributed by atoms with Crippen molar-refractivity contribution in [2.24, 2.45) is 23.3 Å². The lowest BCUT2D eigenvalue weighted by molar-refractivity contribution is -0.147. The number of nitrogens with two attached hydrogens (primary N) is 2. The number of rotatable bonds is 16. The highest BCUT2D eigenvalue weighted by Crippen LogP contribution is 2.11. The Morgan fingerprint density at radius 1 is 0.853 bits per heavy atom. The number of amides is 4. The molecule has 194 valence electrons. The van der Waals surface area contributed by atoms with E-state index in [9.17, 15) is 33.9 Å². The molecule has 0 aliphatic carbocycles. The Kier molecular flexibility index (Phi) is 13.4. The molecule has 0 radical (unpaired) electrons. The number of carboxylic acids is 2. The summed E-state index contributed by atoms with van der Waals surface area (Å²) in [4.78, 5) is 71.6. The van der Waals surface area contributed by atoms with Gasteiger partial charge in [-0.2, -0.15) is 0 Å². The van der Waals surface area contributed by atoms with Crippen molar-refractivity contribution >= 4 is 35.6 Å². The zero-order valence-electron chi connectivity index (χ0n) is 20.0. The zero-order valence-corrected chi connectivity index (χ0v) is 20.0. The van der Waals surface area contributed by atoms with Crippen molar-refractivity contribution < 1.29 is 39.0 Å². The minimum Gasteiger partial charge on any atom is -0.481 e. The lowest BCUT2D eigenvalue weighted by Crippen LogP contribution is -2.59. The normalized spacial score (nSPS) is 15.4. The van der Waals surface area contributed by atoms with Gasteiger partial charge in [0.25, 0.3) is 0 Å². The third kappa shape index (κ3) is 11.6. The SMILES string of the molecule is CCC(C)C(NC(=O)C(CCC(N)=O)NC(=O)C(N)CC(C)C)C(=O)NC(CC(=O)O)C(=O)O. The van der Waals surface area contributed by atoms with E-state index in [1.165, 1.54) is 0 Å². The van der Waals surface area contributed by atoms with Crippen LogP contribution in [-0.2, 0) is 28.8 Å². The van der Waals surface area contributed by atoms with Crippen LogP contribution in [-0.4, -0.2) is 69.9 Å². The van der Waals surface area contributed by atoms with E-state index in [1.54, 1.807) is 13.8 Å². The third-order valence-corrected chi connectivity index (χ3v) is 5.16. The maximum Gasteiger partial charge on any atom is 0.326 e. The largest absolute Gasteiger partial charge is 0.481 e. The number of hydrogen-bond donors (Lipinski definition) is 7. The van der Waals surface area contributed by atoms with Crippen molar-refractivity contribution in [1.82, 2.24) is 16.0 Å². The van der Waals surface area contributed by atoms with Crippen molar-refractivity contribution in [1.29, 1.82) is 0 Å². The van der Waals surface area contributed by atoms with E-state index in [2.05, 4.69) is 16.0 Å². The molecule has 0 aromatic heterocycles. The molecule has 4 amide bonds. The van der Waals surface area contributed by atoms with Gasteiger partial charge in [-0.15, -0.1) is 0 Å². The predicted octanol–water partition coefficient (Wildman–Crippen LogP) is -1.31. The van der Waals surface area contributed by atoms with Crippen molar-refractivity contribution in [3.63, 3.8) is 0 Å². The molecule has 0 spiro atoms. The quantitative estimate of drug-likeness (QED) is 0.137. The van der Waals surface area contributed by atoms with Crippen LogP contribution in [0, 0.1) is 11.8 Å². The first-order valence-electron chi connectivity index (χ1n) is 11.1. The highest BCUT2D eigenvalue weighted by molar-refractivity contribution is 5.95. The Hall–Kier alpha value is -3.22. The van der Waals surface area contributed by atoms with Crippen LogP contribution >= 0.6 is 0 Å². The minimum absolute atomic E-state index is 0.116. The summed E-state index contributed by atoms with van der Waals surface area (Å²) >= 11 is 0. The van der Waals surface area contributed by atoms with Crippen molar-refractivity contribution in [3.8, 4) is 0 Å². The van der Waals surface area contributed by atoms with Gasteiger partial charge in [0.15, 0.2) is 0 Å². The van der Waals surface area contributed by atoms with Crippen LogP contribution in [0.1, 0.15) is 59.8 Å². The first-order valence-corrected chi connectivity index (χ1v) is 11.1. The summed E-state index contributed by atoms with van der Waals surface area (Å²) in [6, 6.07) is -5.06. The van der Waals surface area contributed by atoms with E-state index in [1.807, 2.05) is 13.8 Å². The first kappa shape index (κ1) is 30.8. The Labute approximate surface area is 198 Å². The van der Waals surface area contributed by atoms with Crippen molar-refractivity contribution in [2.75, 3.05) is 0 Å². The van der Waals surface area contributed by atoms with Crippen LogP contribution in [0.2, 0.25) is 0 Å². The number of hydrogen-bond acceptors (Lipinski definition) is 7. The van der Waals surface area contributed by atoms with E-state index >= 15 is 0 Å². The Morgan fingerprint density at radius 3 is 1.85 bits per heavy atom. The standard InChI is InChI=1S/C21H37N5O8/c1-5-11(4)17(20(32)25-14(21(33)34)9-16(28)29)26-19(31)13(6-7-15(23)27)24-18(30)12(22)8-10(2)3/h10-14,17H,5-9,22H2,1-4H3,(H2,23,27)(H,24,30)(H,25,32)(H,26,31)(H,28,29)(H,33,34). The zero-order chi connectivity index (χ0) is 26.6. The molecule has 5 unspecified atom stereocenters. The third-order valence-electron chi connectivity index (χ3n) is 5.16. The lowest BCUT2D eigenvalue weighted by atomic mass is 9.96. The smallest absolute Gasteiger partial charge is 0.326 e. The number of aliphatic carboxylic acids is 2. The molecule has 0 saturated carbocycles. The van der Waals surface area contributed by atoms with Crippen LogP contribution < -0.4 is 27.4 Å². The fourth-order valence-corrected chi connectivity index (χ4v) is 3.04. The summed E-state index contributed by atoms with van der Waals surface area (Å²) in [6.07, 6.45) is -0.460. The summed E-state index contributed by atoms with van der Waals surface area (Å²) in [5, 5.41) is 25.1. The van der Waals surface area contributed by atoms with Gasteiger partial charge in [-0.25, -0.2) is 4.79 Å². The monoisotopic (exact) mass is 487 g/mol. The first-order chi connectivity index (χ1) is 15.7. The molecular weight excluding hydrogens is 450 g/mol. The molecule has 0 heterocycles. The van der Waals surface area contributed by atoms with Crippen LogP contribution in [0.25, 0.3) is 0 Å². The Morgan fingerprint density at radius 2 is 1.41 bits per heavy atom. The van der Waals surface area contributed by atoms with Crippen molar-refractivity contribution in [3.05, 3.63) is 0 Å². The second-order valence-corrected chi connectivity index (χ2v) is 8.67. The van der Waals surface area contributed by atoms with E-state index < -0.39 is 72.1 Å². The second kappa shape index (κ2) is 14.8. The highest BCUT2D eigenvalue weighted by atomic mass is 16.4. The molecule has 0 aromatic rings. The van der Waals surface area contributed by atoms with Gasteiger partial charge in [0, 0.05) is 6.42 Å². The number of carbonyl (C=O) groups excluding carboxylic acids is 4. The number of carboxylic acid groups (broad SMARTS) is 2. The molecule has 34 heavy (non-hydrogen) atoms. The van der Waals surface area contributed by atoms with Gasteiger partial charge in [-0.05, 0) is 24.7 Å². The molecule has 13 nitrogen and oxygen atoms in total. The summed E-state index contributed by atoms with van der Waals surface area (Å²) < 4.78 is 0. The number of nitrogens with one attached hydrogen (secondary N) is 3. The van der Waals surface area contributed by atoms with Crippen LogP contribution in [0.15, 0.2) is 0 Å². The lowest BCUT2D eigenvalue weighted by Gasteiger charge is -2.28. The van der Waals surface area contributed by atoms with E-state index in [4.69, 9.17) is 16.6 Å². The van der Waals surface area contributed by atoms with Gasteiger partial charge in [0.1, 0.15) is 18.1 Å². The molecule has 0 aliphatic heterocycles. The average Bonchev–Trinajstić information content (AvgIpc) is 2.72. The van der Waals surface area contributed by atoms with E-state index in [0.29, 0.717) is 12.8 Å². The topological polar surface area (TPSA) is 231 Å². The van der Waals surface area contributed by atoms with Crippen molar-refractivity contribution in [2.45, 2.75) is 84.0 Å². The molecule has 5 atom stereocenters. The summed E-state index contributed by atoms with van der Waals surface area (Å²) in [6.45, 7) is 7.11. The summed E-state index contributed by atoms with van der Waals surface area (Å²) in [5.74, 6) is -6.34. The molecule has 0 bridgehead atoms. The molecule has 0 saturated heterocycles. The minimum atomic E-state index is -1.70. The van der Waals surface area contributed by atoms with Crippen LogP contribution in [0.4, 0.5) is 0 Å². The van der Waals surface area contributed by atoms with Gasteiger partial charge in [0.05, 0.1) is 12.5 Å². The molecule has 0 aromatic carbocycles. The van der Waals surface area contributed by atoms with Gasteiger partial charge in [-0.3, -0.25) is 24.0 Å². The highest BCUT2D eigenvalue weighted by Gasteiger charge is 2.33. The molecular formula is C21H37N5O8. The maximum absolute atomic E-state index is 13.0. The van der Waals surface area contributed by atoms with E-state index in [-0.39, 0.29) is 18.8 Å².